The van der Waals surface area contributed by atoms with Crippen molar-refractivity contribution >= 4 is 17.7 Å². The summed E-state index contributed by atoms with van der Waals surface area (Å²) in [6, 6.07) is 16.0. The first-order valence-corrected chi connectivity index (χ1v) is 9.89. The summed E-state index contributed by atoms with van der Waals surface area (Å²) in [7, 11) is 3.41. The van der Waals surface area contributed by atoms with E-state index in [2.05, 4.69) is 66.8 Å². The van der Waals surface area contributed by atoms with Crippen LogP contribution < -0.4 is 10.6 Å². The monoisotopic (exact) mass is 399 g/mol. The molecule has 0 fully saturated rings. The minimum atomic E-state index is -0.588. The molecule has 0 radical (unpaired) electrons. The maximum absolute atomic E-state index is 12.1. The molecule has 2 N–H and O–H groups in total. The molecule has 0 saturated carbocycles. The van der Waals surface area contributed by atoms with Gasteiger partial charge in [-0.15, -0.1) is 0 Å². The van der Waals surface area contributed by atoms with Gasteiger partial charge in [0.05, 0.1) is 0 Å². The standard InChI is InChI=1S/C26H29N3O/c1-6-8-9-21-10-12-22(13-11-21)14-15-23-16-18-24(19-17-23)20(3)29(5)25(28-7-2)26(30)27-4/h7-13,16-19,25,28H,2-3,6H2,1,4-5H3,(H,27,30)/b9-8+. The number of hydrogen-bond acceptors (Lipinski definition) is 3. The molecule has 1 atom stereocenters. The van der Waals surface area contributed by atoms with E-state index in [0.717, 1.165) is 23.1 Å². The summed E-state index contributed by atoms with van der Waals surface area (Å²) in [5.74, 6) is 6.21. The number of nitrogens with one attached hydrogen (secondary N) is 2. The van der Waals surface area contributed by atoms with Gasteiger partial charge in [-0.05, 0) is 48.0 Å². The number of hydrogen-bond donors (Lipinski definition) is 2. The number of carbonyl (C=O) groups excluding carboxylic acids is 1. The second-order valence-corrected chi connectivity index (χ2v) is 6.71. The van der Waals surface area contributed by atoms with E-state index in [1.807, 2.05) is 43.4 Å². The third-order valence-electron chi connectivity index (χ3n) is 4.61. The first-order valence-electron chi connectivity index (χ1n) is 9.89. The molecule has 1 amide bonds. The molecule has 0 bridgehead atoms. The van der Waals surface area contributed by atoms with Crippen molar-refractivity contribution in [2.75, 3.05) is 14.1 Å². The van der Waals surface area contributed by atoms with E-state index in [-0.39, 0.29) is 5.91 Å². The summed E-state index contributed by atoms with van der Waals surface area (Å²) < 4.78 is 0. The van der Waals surface area contributed by atoms with E-state index in [1.54, 1.807) is 11.9 Å². The third-order valence-corrected chi connectivity index (χ3v) is 4.61. The summed E-state index contributed by atoms with van der Waals surface area (Å²) >= 11 is 0. The summed E-state index contributed by atoms with van der Waals surface area (Å²) in [5.41, 5.74) is 4.69. The third kappa shape index (κ3) is 6.15. The van der Waals surface area contributed by atoms with Gasteiger partial charge in [0.25, 0.3) is 5.91 Å². The fourth-order valence-corrected chi connectivity index (χ4v) is 2.79. The van der Waals surface area contributed by atoms with Crippen LogP contribution in [0.2, 0.25) is 0 Å². The van der Waals surface area contributed by atoms with Crippen LogP contribution in [0.4, 0.5) is 0 Å². The van der Waals surface area contributed by atoms with E-state index >= 15 is 0 Å². The number of amides is 1. The van der Waals surface area contributed by atoms with Gasteiger partial charge in [-0.2, -0.15) is 0 Å². The Balaban J connectivity index is 2.10. The quantitative estimate of drug-likeness (QED) is 0.516. The summed E-state index contributed by atoms with van der Waals surface area (Å²) in [4.78, 5) is 13.9. The van der Waals surface area contributed by atoms with Crippen LogP contribution in [-0.4, -0.2) is 31.1 Å². The highest BCUT2D eigenvalue weighted by Crippen LogP contribution is 2.18. The van der Waals surface area contributed by atoms with Crippen molar-refractivity contribution in [3.8, 4) is 11.8 Å². The van der Waals surface area contributed by atoms with Gasteiger partial charge in [0.2, 0.25) is 0 Å². The van der Waals surface area contributed by atoms with E-state index in [9.17, 15) is 4.79 Å². The van der Waals surface area contributed by atoms with Gasteiger partial charge in [0, 0.05) is 30.9 Å². The predicted molar refractivity (Wildman–Crippen MR) is 126 cm³/mol. The SMILES string of the molecule is C=CNC(C(=O)NC)N(C)C(=C)c1ccc(C#Cc2ccc(/C=C/CC)cc2)cc1. The van der Waals surface area contributed by atoms with Gasteiger partial charge in [0.1, 0.15) is 0 Å². The molecule has 2 rings (SSSR count). The fraction of sp³-hybridized carbons (Fsp3) is 0.192. The number of allylic oxidation sites excluding steroid dienone is 1. The Morgan fingerprint density at radius 3 is 2.17 bits per heavy atom. The van der Waals surface area contributed by atoms with Gasteiger partial charge < -0.3 is 15.5 Å². The molecule has 0 aliphatic rings. The summed E-state index contributed by atoms with van der Waals surface area (Å²) in [5, 5.41) is 5.58. The lowest BCUT2D eigenvalue weighted by atomic mass is 10.1. The first-order chi connectivity index (χ1) is 14.5. The first kappa shape index (κ1) is 22.6. The number of nitrogens with zero attached hydrogens (tertiary/aromatic N) is 1. The Bertz CT molecular complexity index is 960. The maximum Gasteiger partial charge on any atom is 0.263 e. The molecule has 2 aromatic rings. The van der Waals surface area contributed by atoms with Gasteiger partial charge in [-0.1, -0.05) is 68.3 Å². The molecule has 2 aromatic carbocycles. The molecule has 0 heterocycles. The van der Waals surface area contributed by atoms with Crippen LogP contribution >= 0.6 is 0 Å². The van der Waals surface area contributed by atoms with Crippen LogP contribution in [0.15, 0.2) is 74.0 Å². The topological polar surface area (TPSA) is 44.4 Å². The Kier molecular flexibility index (Phi) is 8.53. The smallest absolute Gasteiger partial charge is 0.263 e. The average Bonchev–Trinajstić information content (AvgIpc) is 2.79. The van der Waals surface area contributed by atoms with E-state index < -0.39 is 6.17 Å². The van der Waals surface area contributed by atoms with Crippen LogP contribution in [0, 0.1) is 11.8 Å². The van der Waals surface area contributed by atoms with Crippen molar-refractivity contribution < 1.29 is 4.79 Å². The molecule has 0 aromatic heterocycles. The normalized spacial score (nSPS) is 11.2. The van der Waals surface area contributed by atoms with Crippen molar-refractivity contribution in [1.82, 2.24) is 15.5 Å². The minimum Gasteiger partial charge on any atom is -0.364 e. The molecule has 0 aliphatic carbocycles. The van der Waals surface area contributed by atoms with E-state index in [4.69, 9.17) is 0 Å². The molecule has 0 aliphatic heterocycles. The van der Waals surface area contributed by atoms with Crippen LogP contribution in [-0.2, 0) is 4.79 Å². The Labute approximate surface area is 180 Å². The molecule has 4 heteroatoms. The van der Waals surface area contributed by atoms with Gasteiger partial charge in [-0.25, -0.2) is 0 Å². The van der Waals surface area contributed by atoms with Crippen LogP contribution in [0.3, 0.4) is 0 Å². The number of likely N-dealkylation sites (N-methyl/N-ethyl adjacent to an activating group) is 2. The molecular weight excluding hydrogens is 370 g/mol. The lowest BCUT2D eigenvalue weighted by Crippen LogP contribution is -2.50. The fourth-order valence-electron chi connectivity index (χ4n) is 2.79. The van der Waals surface area contributed by atoms with Crippen molar-refractivity contribution in [3.63, 3.8) is 0 Å². The van der Waals surface area contributed by atoms with Crippen molar-refractivity contribution in [2.24, 2.45) is 0 Å². The highest BCUT2D eigenvalue weighted by atomic mass is 16.2. The second kappa shape index (κ2) is 11.3. The number of carbonyl (C=O) groups is 1. The van der Waals surface area contributed by atoms with E-state index in [0.29, 0.717) is 5.70 Å². The molecular formula is C26H29N3O. The zero-order chi connectivity index (χ0) is 21.9. The molecule has 154 valence electrons. The molecule has 0 saturated heterocycles. The van der Waals surface area contributed by atoms with Crippen LogP contribution in [0.25, 0.3) is 11.8 Å². The zero-order valence-electron chi connectivity index (χ0n) is 17.9. The highest BCUT2D eigenvalue weighted by molar-refractivity contribution is 5.83. The Hall–Kier alpha value is -3.71. The van der Waals surface area contributed by atoms with Crippen LogP contribution in [0.1, 0.15) is 35.6 Å². The summed E-state index contributed by atoms with van der Waals surface area (Å²) in [6.45, 7) is 9.89. The predicted octanol–water partition coefficient (Wildman–Crippen LogP) is 4.22. The largest absolute Gasteiger partial charge is 0.364 e. The number of rotatable bonds is 8. The molecule has 1 unspecified atom stereocenters. The van der Waals surface area contributed by atoms with Crippen molar-refractivity contribution in [2.45, 2.75) is 19.5 Å². The lowest BCUT2D eigenvalue weighted by molar-refractivity contribution is -0.125. The second-order valence-electron chi connectivity index (χ2n) is 6.71. The highest BCUT2D eigenvalue weighted by Gasteiger charge is 2.22. The maximum atomic E-state index is 12.1. The average molecular weight is 400 g/mol. The molecule has 4 nitrogen and oxygen atoms in total. The molecule has 30 heavy (non-hydrogen) atoms. The van der Waals surface area contributed by atoms with Gasteiger partial charge >= 0.3 is 0 Å². The minimum absolute atomic E-state index is 0.169. The Morgan fingerprint density at radius 1 is 1.10 bits per heavy atom. The van der Waals surface area contributed by atoms with Crippen LogP contribution in [0.5, 0.6) is 0 Å². The Morgan fingerprint density at radius 2 is 1.67 bits per heavy atom. The van der Waals surface area contributed by atoms with Gasteiger partial charge in [-0.3, -0.25) is 4.79 Å². The lowest BCUT2D eigenvalue weighted by Gasteiger charge is -2.30. The van der Waals surface area contributed by atoms with E-state index in [1.165, 1.54) is 11.8 Å². The van der Waals surface area contributed by atoms with Gasteiger partial charge in [0.15, 0.2) is 6.17 Å². The van der Waals surface area contributed by atoms with Crippen molar-refractivity contribution in [1.29, 1.82) is 0 Å². The summed E-state index contributed by atoms with van der Waals surface area (Å²) in [6.07, 6.45) is 6.18. The zero-order valence-corrected chi connectivity index (χ0v) is 17.9. The number of benzene rings is 2. The molecule has 0 spiro atoms. The van der Waals surface area contributed by atoms with Crippen molar-refractivity contribution in [3.05, 3.63) is 96.2 Å².